The zero-order valence-electron chi connectivity index (χ0n) is 22.3. The van der Waals surface area contributed by atoms with Crippen molar-refractivity contribution in [3.8, 4) is 0 Å². The Hall–Kier alpha value is -3.23. The van der Waals surface area contributed by atoms with Gasteiger partial charge in [0.2, 0.25) is 5.91 Å². The molecule has 4 rings (SSSR count). The van der Waals surface area contributed by atoms with E-state index in [1.54, 1.807) is 19.2 Å². The molecule has 2 heterocycles. The molecule has 8 heteroatoms. The molecule has 0 spiro atoms. The first-order chi connectivity index (χ1) is 18.4. The van der Waals surface area contributed by atoms with E-state index >= 15 is 0 Å². The fourth-order valence-corrected chi connectivity index (χ4v) is 5.64. The number of halogens is 1. The van der Waals surface area contributed by atoms with Gasteiger partial charge in [0.05, 0.1) is 5.25 Å². The average molecular weight is 535 g/mol. The highest BCUT2D eigenvalue weighted by Gasteiger charge is 2.28. The number of thioether (sulfide) groups is 1. The molecule has 0 saturated carbocycles. The summed E-state index contributed by atoms with van der Waals surface area (Å²) < 4.78 is 14.8. The molecule has 3 aromatic rings. The molecule has 1 unspecified atom stereocenters. The summed E-state index contributed by atoms with van der Waals surface area (Å²) in [6.07, 6.45) is 5.34. The molecule has 1 atom stereocenters. The minimum absolute atomic E-state index is 0.0965. The van der Waals surface area contributed by atoms with Crippen LogP contribution in [0.2, 0.25) is 0 Å². The maximum Gasteiger partial charge on any atom is 0.257 e. The fraction of sp³-hybridized carbons (Fsp3) is 0.367. The Kier molecular flexibility index (Phi) is 9.53. The van der Waals surface area contributed by atoms with Gasteiger partial charge in [0.25, 0.3) is 5.56 Å². The molecule has 1 fully saturated rings. The van der Waals surface area contributed by atoms with Crippen molar-refractivity contribution in [3.05, 3.63) is 99.2 Å². The number of amides is 1. The van der Waals surface area contributed by atoms with Gasteiger partial charge in [-0.2, -0.15) is 0 Å². The molecule has 1 aliphatic rings. The molecule has 200 valence electrons. The summed E-state index contributed by atoms with van der Waals surface area (Å²) >= 11 is 1.36. The minimum Gasteiger partial charge on any atom is -0.339 e. The number of benzene rings is 2. The quantitative estimate of drug-likeness (QED) is 0.298. The first-order valence-electron chi connectivity index (χ1n) is 13.1. The Bertz CT molecular complexity index is 1320. The fourth-order valence-electron chi connectivity index (χ4n) is 4.54. The Morgan fingerprint density at radius 2 is 1.76 bits per heavy atom. The molecule has 1 aliphatic heterocycles. The summed E-state index contributed by atoms with van der Waals surface area (Å²) in [6.45, 7) is 7.72. The van der Waals surface area contributed by atoms with Gasteiger partial charge in [-0.3, -0.25) is 19.1 Å². The van der Waals surface area contributed by atoms with Gasteiger partial charge in [-0.25, -0.2) is 9.37 Å². The van der Waals surface area contributed by atoms with Gasteiger partial charge in [0.15, 0.2) is 5.16 Å². The van der Waals surface area contributed by atoms with E-state index in [0.29, 0.717) is 42.3 Å². The molecule has 0 aliphatic carbocycles. The second-order valence-corrected chi connectivity index (χ2v) is 10.7. The first-order valence-corrected chi connectivity index (χ1v) is 13.9. The number of aryl methyl sites for hydroxylation is 1. The summed E-state index contributed by atoms with van der Waals surface area (Å²) in [7, 11) is 1.70. The van der Waals surface area contributed by atoms with Crippen molar-refractivity contribution in [2.24, 2.45) is 7.05 Å². The third-order valence-electron chi connectivity index (χ3n) is 6.90. The number of piperazine rings is 1. The van der Waals surface area contributed by atoms with Crippen LogP contribution in [0.15, 0.2) is 70.6 Å². The number of nitrogens with zero attached hydrogens (tertiary/aromatic N) is 4. The predicted octanol–water partition coefficient (Wildman–Crippen LogP) is 4.55. The normalized spacial score (nSPS) is 15.2. The van der Waals surface area contributed by atoms with E-state index in [0.717, 1.165) is 25.2 Å². The van der Waals surface area contributed by atoms with Crippen molar-refractivity contribution in [1.29, 1.82) is 0 Å². The van der Waals surface area contributed by atoms with Crippen molar-refractivity contribution in [1.82, 2.24) is 19.4 Å². The lowest BCUT2D eigenvalue weighted by molar-refractivity contribution is -0.132. The predicted molar refractivity (Wildman–Crippen MR) is 152 cm³/mol. The van der Waals surface area contributed by atoms with E-state index in [-0.39, 0.29) is 22.5 Å². The largest absolute Gasteiger partial charge is 0.339 e. The maximum absolute atomic E-state index is 13.4. The van der Waals surface area contributed by atoms with Crippen LogP contribution >= 0.6 is 11.8 Å². The van der Waals surface area contributed by atoms with E-state index in [1.807, 2.05) is 36.9 Å². The van der Waals surface area contributed by atoms with Gasteiger partial charge < -0.3 is 4.90 Å². The van der Waals surface area contributed by atoms with Crippen LogP contribution in [0.1, 0.15) is 35.7 Å². The van der Waals surface area contributed by atoms with Crippen LogP contribution in [0, 0.1) is 12.7 Å². The number of carbonyl (C=O) groups excluding carboxylic acids is 1. The Balaban J connectivity index is 1.36. The highest BCUT2D eigenvalue weighted by molar-refractivity contribution is 8.00. The number of aromatic nitrogens is 2. The molecule has 38 heavy (non-hydrogen) atoms. The zero-order valence-corrected chi connectivity index (χ0v) is 23.1. The van der Waals surface area contributed by atoms with Crippen molar-refractivity contribution in [2.75, 3.05) is 32.7 Å². The number of hydrogen-bond donors (Lipinski definition) is 0. The van der Waals surface area contributed by atoms with Crippen molar-refractivity contribution in [2.45, 2.75) is 37.1 Å². The molecular weight excluding hydrogens is 499 g/mol. The molecule has 0 radical (unpaired) electrons. The van der Waals surface area contributed by atoms with Crippen molar-refractivity contribution < 1.29 is 9.18 Å². The molecule has 0 bridgehead atoms. The maximum atomic E-state index is 13.4. The molecule has 1 aromatic heterocycles. The van der Waals surface area contributed by atoms with Crippen LogP contribution in [-0.2, 0) is 18.3 Å². The highest BCUT2D eigenvalue weighted by Crippen LogP contribution is 2.26. The third kappa shape index (κ3) is 6.99. The second kappa shape index (κ2) is 13.0. The lowest BCUT2D eigenvalue weighted by Crippen LogP contribution is -2.50. The van der Waals surface area contributed by atoms with E-state index < -0.39 is 0 Å². The molecule has 0 N–H and O–H groups in total. The van der Waals surface area contributed by atoms with Crippen LogP contribution in [-0.4, -0.2) is 63.2 Å². The SMILES string of the molecule is CCC(Sc1nc(C)c(Cc2ccc(F)cc2)c(=O)n1C)C(=O)N1CCN(C/C=C/c2ccccc2)CC1. The lowest BCUT2D eigenvalue weighted by Gasteiger charge is -2.35. The van der Waals surface area contributed by atoms with Crippen LogP contribution in [0.3, 0.4) is 0 Å². The van der Waals surface area contributed by atoms with Gasteiger partial charge in [0.1, 0.15) is 5.82 Å². The van der Waals surface area contributed by atoms with Gasteiger partial charge >= 0.3 is 0 Å². The molecule has 6 nitrogen and oxygen atoms in total. The van der Waals surface area contributed by atoms with Gasteiger partial charge in [-0.15, -0.1) is 0 Å². The first kappa shape index (κ1) is 27.8. The smallest absolute Gasteiger partial charge is 0.257 e. The number of carbonyl (C=O) groups is 1. The topological polar surface area (TPSA) is 58.4 Å². The Morgan fingerprint density at radius 3 is 2.42 bits per heavy atom. The summed E-state index contributed by atoms with van der Waals surface area (Å²) in [5.74, 6) is -0.209. The zero-order chi connectivity index (χ0) is 27.1. The van der Waals surface area contributed by atoms with Crippen molar-refractivity contribution in [3.63, 3.8) is 0 Å². The third-order valence-corrected chi connectivity index (χ3v) is 8.29. The Labute approximate surface area is 228 Å². The standard InChI is InChI=1S/C30H35FN4O2S/c1-4-27(29(37)35-19-17-34(18-20-35)16-8-11-23-9-6-5-7-10-23)38-30-32-22(2)26(28(36)33(30)3)21-24-12-14-25(31)15-13-24/h5-15,27H,4,16-21H2,1-3H3/b11-8+. The summed E-state index contributed by atoms with van der Waals surface area (Å²) in [6, 6.07) is 16.4. The van der Waals surface area contributed by atoms with E-state index in [1.165, 1.54) is 34.0 Å². The lowest BCUT2D eigenvalue weighted by atomic mass is 10.1. The van der Waals surface area contributed by atoms with Crippen LogP contribution in [0.25, 0.3) is 6.08 Å². The second-order valence-electron chi connectivity index (χ2n) is 9.58. The Morgan fingerprint density at radius 1 is 1.08 bits per heavy atom. The monoisotopic (exact) mass is 534 g/mol. The highest BCUT2D eigenvalue weighted by atomic mass is 32.2. The van der Waals surface area contributed by atoms with Crippen molar-refractivity contribution >= 4 is 23.7 Å². The van der Waals surface area contributed by atoms with Gasteiger partial charge in [-0.05, 0) is 36.6 Å². The minimum atomic E-state index is -0.306. The summed E-state index contributed by atoms with van der Waals surface area (Å²) in [5, 5.41) is 0.236. The summed E-state index contributed by atoms with van der Waals surface area (Å²) in [5.41, 5.74) is 3.12. The van der Waals surface area contributed by atoms with E-state index in [9.17, 15) is 14.0 Å². The molecule has 2 aromatic carbocycles. The van der Waals surface area contributed by atoms with E-state index in [4.69, 9.17) is 4.98 Å². The van der Waals surface area contributed by atoms with Gasteiger partial charge in [-0.1, -0.05) is 73.3 Å². The number of hydrogen-bond acceptors (Lipinski definition) is 5. The number of rotatable bonds is 9. The molecular formula is C30H35FN4O2S. The van der Waals surface area contributed by atoms with Crippen LogP contribution < -0.4 is 5.56 Å². The van der Waals surface area contributed by atoms with E-state index in [2.05, 4.69) is 29.2 Å². The van der Waals surface area contributed by atoms with Crippen LogP contribution in [0.5, 0.6) is 0 Å². The van der Waals surface area contributed by atoms with Crippen LogP contribution in [0.4, 0.5) is 4.39 Å². The average Bonchev–Trinajstić information content (AvgIpc) is 2.94. The molecule has 1 amide bonds. The summed E-state index contributed by atoms with van der Waals surface area (Å²) in [4.78, 5) is 35.5. The van der Waals surface area contributed by atoms with Gasteiger partial charge in [0, 0.05) is 57.4 Å². The molecule has 1 saturated heterocycles.